The number of nitrogens with zero attached hydrogens (tertiary/aromatic N) is 3. The molecule has 1 amide bonds. The highest BCUT2D eigenvalue weighted by Gasteiger charge is 2.38. The Balaban J connectivity index is 0.000000222. The van der Waals surface area contributed by atoms with Crippen molar-refractivity contribution in [3.63, 3.8) is 0 Å². The molecule has 0 aliphatic rings. The maximum atomic E-state index is 12.5. The van der Waals surface area contributed by atoms with Crippen LogP contribution in [-0.2, 0) is 22.6 Å². The number of hydrogen-bond donors (Lipinski definition) is 6. The summed E-state index contributed by atoms with van der Waals surface area (Å²) in [5.74, 6) is -2.83. The van der Waals surface area contributed by atoms with Gasteiger partial charge in [0.05, 0.1) is 33.9 Å². The molecule has 0 bridgehead atoms. The number of Topliss-reactive ketones (excluding diaryl/α,β-unsaturated/α-hetero) is 2. The van der Waals surface area contributed by atoms with Crippen LogP contribution in [0.25, 0.3) is 21.8 Å². The fourth-order valence-electron chi connectivity index (χ4n) is 7.74. The minimum Gasteiger partial charge on any atom is -0.494 e. The predicted octanol–water partition coefficient (Wildman–Crippen LogP) is 13.0. The molecular weight excluding hydrogens is 978 g/mol. The van der Waals surface area contributed by atoms with Gasteiger partial charge in [0.2, 0.25) is 0 Å². The fraction of sp³-hybridized carbons (Fsp3) is 0.220. The van der Waals surface area contributed by atoms with Crippen LogP contribution >= 0.6 is 0 Å². The van der Waals surface area contributed by atoms with Gasteiger partial charge in [0.25, 0.3) is 0 Å². The number of aromatic amines is 2. The highest BCUT2D eigenvalue weighted by atomic mass is 19.4. The van der Waals surface area contributed by atoms with Crippen molar-refractivity contribution < 1.29 is 52.4 Å². The average Bonchev–Trinajstić information content (AvgIpc) is 3.90. The predicted molar refractivity (Wildman–Crippen MR) is 290 cm³/mol. The van der Waals surface area contributed by atoms with Crippen LogP contribution in [0.4, 0.5) is 29.3 Å². The van der Waals surface area contributed by atoms with E-state index in [2.05, 4.69) is 22.2 Å². The quantitative estimate of drug-likeness (QED) is 0.0451. The topological polar surface area (TPSA) is 210 Å². The number of nitrogens with one attached hydrogen (secondary N) is 3. The van der Waals surface area contributed by atoms with Gasteiger partial charge in [0.15, 0.2) is 23.3 Å². The van der Waals surface area contributed by atoms with E-state index in [0.717, 1.165) is 46.4 Å². The largest absolute Gasteiger partial charge is 0.494 e. The van der Waals surface area contributed by atoms with Crippen LogP contribution in [0, 0.1) is 0 Å². The summed E-state index contributed by atoms with van der Waals surface area (Å²) in [5, 5.41) is 33.6. The van der Waals surface area contributed by atoms with Gasteiger partial charge >= 0.3 is 18.2 Å². The van der Waals surface area contributed by atoms with E-state index in [0.29, 0.717) is 63.4 Å². The number of aromatic nitrogens is 2. The zero-order chi connectivity index (χ0) is 55.3. The van der Waals surface area contributed by atoms with Crippen molar-refractivity contribution in [3.05, 3.63) is 190 Å². The summed E-state index contributed by atoms with van der Waals surface area (Å²) < 4.78 is 37.3. The van der Waals surface area contributed by atoms with Gasteiger partial charge in [-0.2, -0.15) is 13.2 Å². The summed E-state index contributed by atoms with van der Waals surface area (Å²) in [7, 11) is 0. The summed E-state index contributed by atoms with van der Waals surface area (Å²) in [4.78, 5) is 62.9. The number of amides is 1. The number of carboxylic acid groups (broad SMARTS) is 1. The van der Waals surface area contributed by atoms with E-state index in [-0.39, 0.29) is 29.4 Å². The summed E-state index contributed by atoms with van der Waals surface area (Å²) in [6, 6.07) is 45.7. The first kappa shape index (κ1) is 56.5. The summed E-state index contributed by atoms with van der Waals surface area (Å²) >= 11 is 0. The number of benzene rings is 6. The zero-order valence-corrected chi connectivity index (χ0v) is 43.0. The van der Waals surface area contributed by atoms with Gasteiger partial charge in [-0.3, -0.25) is 9.59 Å². The fourth-order valence-corrected chi connectivity index (χ4v) is 7.74. The van der Waals surface area contributed by atoms with Gasteiger partial charge in [-0.15, -0.1) is 0 Å². The monoisotopic (exact) mass is 1040 g/mol. The van der Waals surface area contributed by atoms with Crippen LogP contribution < -0.4 is 5.32 Å². The molecule has 76 heavy (non-hydrogen) atoms. The van der Waals surface area contributed by atoms with Crippen molar-refractivity contribution in [1.82, 2.24) is 20.2 Å². The molecule has 8 aromatic rings. The number of aliphatic imine (C=N–C) groups is 2. The van der Waals surface area contributed by atoms with Crippen molar-refractivity contribution >= 4 is 68.2 Å². The maximum Gasteiger partial charge on any atom is 0.490 e. The number of halogens is 3. The second-order valence-corrected chi connectivity index (χ2v) is 18.4. The summed E-state index contributed by atoms with van der Waals surface area (Å²) in [6.07, 6.45) is -5.44. The highest BCUT2D eigenvalue weighted by Crippen LogP contribution is 2.34. The number of ether oxygens (including phenoxy) is 1. The van der Waals surface area contributed by atoms with Crippen molar-refractivity contribution in [1.29, 1.82) is 0 Å². The molecule has 6 aromatic carbocycles. The number of ketones is 2. The van der Waals surface area contributed by atoms with E-state index < -0.39 is 17.7 Å². The van der Waals surface area contributed by atoms with E-state index >= 15 is 0 Å². The highest BCUT2D eigenvalue weighted by molar-refractivity contribution is 6.23. The van der Waals surface area contributed by atoms with Crippen molar-refractivity contribution in [2.75, 3.05) is 13.1 Å². The van der Waals surface area contributed by atoms with Crippen LogP contribution in [0.1, 0.15) is 103 Å². The maximum absolute atomic E-state index is 12.5. The number of carbonyl (C=O) groups excluding carboxylic acids is 3. The molecule has 0 fully saturated rings. The molecule has 0 unspecified atom stereocenters. The standard InChI is InChI=1S/C31H33N3O4.C26H25N3O2.C2HF3O2/c1-6-34(30(37)38-31(3,4)5)19-21-12-15-24(16-13-21)32-28(22-10-8-7-9-11-22)27-25-18-23(20(2)35)14-17-26(25)33-29(27)36;1-3-27-16-18-9-12-21(13-10-18)28-25(19-7-5-4-6-8-19)24-22-15-20(17(2)30)11-14-23(22)29-26(24)31;3-2(4,5)1(6)7/h7-18,33,36H,6,19H2,1-5H3;4-15,27,29,31H,3,16H2,1-2H3;(H,6,7). The molecule has 0 spiro atoms. The number of aromatic hydroxyl groups is 2. The molecule has 6 N–H and O–H groups in total. The number of fused-ring (bicyclic) bond motifs is 2. The minimum absolute atomic E-state index is 0.0177. The van der Waals surface area contributed by atoms with E-state index in [1.807, 2.05) is 143 Å². The molecule has 2 aromatic heterocycles. The smallest absolute Gasteiger partial charge is 0.490 e. The first-order valence-electron chi connectivity index (χ1n) is 24.2. The molecule has 394 valence electrons. The van der Waals surface area contributed by atoms with E-state index in [4.69, 9.17) is 24.6 Å². The Bertz CT molecular complexity index is 3380. The lowest BCUT2D eigenvalue weighted by molar-refractivity contribution is -0.192. The molecule has 0 atom stereocenters. The van der Waals surface area contributed by atoms with Crippen LogP contribution in [-0.4, -0.2) is 90.1 Å². The summed E-state index contributed by atoms with van der Waals surface area (Å²) in [6.45, 7) is 15.3. The van der Waals surface area contributed by atoms with Gasteiger partial charge in [0, 0.05) is 63.7 Å². The number of hydrogen-bond acceptors (Lipinski definition) is 10. The van der Waals surface area contributed by atoms with Gasteiger partial charge in [-0.25, -0.2) is 19.6 Å². The molecule has 2 heterocycles. The minimum atomic E-state index is -5.08. The van der Waals surface area contributed by atoms with E-state index in [1.54, 1.807) is 35.2 Å². The van der Waals surface area contributed by atoms with Crippen LogP contribution in [0.2, 0.25) is 0 Å². The Morgan fingerprint density at radius 3 is 1.37 bits per heavy atom. The molecule has 0 radical (unpaired) electrons. The number of alkyl halides is 3. The third-order valence-corrected chi connectivity index (χ3v) is 11.5. The van der Waals surface area contributed by atoms with Crippen molar-refractivity contribution in [2.24, 2.45) is 9.98 Å². The van der Waals surface area contributed by atoms with Crippen LogP contribution in [0.5, 0.6) is 11.8 Å². The lowest BCUT2D eigenvalue weighted by Crippen LogP contribution is -2.36. The van der Waals surface area contributed by atoms with Crippen LogP contribution in [0.15, 0.2) is 156 Å². The lowest BCUT2D eigenvalue weighted by atomic mass is 9.99. The number of carboxylic acids is 1. The molecule has 14 nitrogen and oxygen atoms in total. The zero-order valence-electron chi connectivity index (χ0n) is 43.0. The van der Waals surface area contributed by atoms with Gasteiger partial charge < -0.3 is 40.2 Å². The van der Waals surface area contributed by atoms with Gasteiger partial charge in [-0.05, 0) is 120 Å². The number of rotatable bonds is 14. The Labute approximate surface area is 437 Å². The first-order valence-corrected chi connectivity index (χ1v) is 24.2. The molecule has 8 rings (SSSR count). The SMILES string of the molecule is CCN(Cc1ccc(N=C(c2ccccc2)c2c(O)[nH]c3ccc(C(C)=O)cc23)cc1)C(=O)OC(C)(C)C.CCNCc1ccc(N=C(c2ccccc2)c2c(O)[nH]c3ccc(C(C)=O)cc23)cc1.O=C(O)C(F)(F)F. The van der Waals surface area contributed by atoms with Gasteiger partial charge in [-0.1, -0.05) is 91.9 Å². The van der Waals surface area contributed by atoms with Gasteiger partial charge in [0.1, 0.15) is 5.60 Å². The first-order chi connectivity index (χ1) is 36.1. The average molecular weight is 1040 g/mol. The molecule has 17 heteroatoms. The molecule has 0 saturated heterocycles. The Kier molecular flexibility index (Phi) is 18.5. The molecular formula is C59H59F3N6O8. The van der Waals surface area contributed by atoms with E-state index in [1.165, 1.54) is 19.4 Å². The van der Waals surface area contributed by atoms with E-state index in [9.17, 15) is 37.8 Å². The second-order valence-electron chi connectivity index (χ2n) is 18.4. The normalized spacial score (nSPS) is 11.8. The molecule has 0 aliphatic heterocycles. The number of carbonyl (C=O) groups is 4. The third-order valence-electron chi connectivity index (χ3n) is 11.5. The van der Waals surface area contributed by atoms with Crippen molar-refractivity contribution in [2.45, 2.75) is 73.3 Å². The van der Waals surface area contributed by atoms with Crippen LogP contribution in [0.3, 0.4) is 0 Å². The Hall–Kier alpha value is -8.83. The summed E-state index contributed by atoms with van der Waals surface area (Å²) in [5.41, 5.74) is 9.68. The van der Waals surface area contributed by atoms with Crippen molar-refractivity contribution in [3.8, 4) is 11.8 Å². The second kappa shape index (κ2) is 24.9. The third kappa shape index (κ3) is 14.9. The molecule has 0 saturated carbocycles. The number of aliphatic carboxylic acids is 1. The Morgan fingerprint density at radius 2 is 1.01 bits per heavy atom. The lowest BCUT2D eigenvalue weighted by Gasteiger charge is -2.26. The molecule has 0 aliphatic carbocycles. The Morgan fingerprint density at radius 1 is 0.605 bits per heavy atom. The number of H-pyrrole nitrogens is 2.